The molecule has 1 N–H and O–H groups in total. The molecule has 0 aliphatic carbocycles. The van der Waals surface area contributed by atoms with E-state index in [9.17, 15) is 13.2 Å². The zero-order chi connectivity index (χ0) is 19.8. The van der Waals surface area contributed by atoms with Crippen LogP contribution in [-0.4, -0.2) is 19.4 Å². The Morgan fingerprint density at radius 1 is 0.929 bits per heavy atom. The van der Waals surface area contributed by atoms with Crippen molar-refractivity contribution < 1.29 is 22.8 Å². The van der Waals surface area contributed by atoms with Gasteiger partial charge in [-0.2, -0.15) is 0 Å². The summed E-state index contributed by atoms with van der Waals surface area (Å²) in [6, 6.07) is 18.3. The molecule has 7 nitrogen and oxygen atoms in total. The second-order valence-electron chi connectivity index (χ2n) is 5.84. The predicted molar refractivity (Wildman–Crippen MR) is 102 cm³/mol. The number of nitrogens with zero attached hydrogens (tertiary/aromatic N) is 1. The highest BCUT2D eigenvalue weighted by Gasteiger charge is 2.16. The third-order valence-corrected chi connectivity index (χ3v) is 4.91. The third-order valence-electron chi connectivity index (χ3n) is 3.72. The minimum absolute atomic E-state index is 0.0120. The van der Waals surface area contributed by atoms with E-state index in [1.807, 2.05) is 17.0 Å². The quantitative estimate of drug-likeness (QED) is 0.586. The molecule has 0 saturated carbocycles. The number of benzene rings is 2. The van der Waals surface area contributed by atoms with Crippen molar-refractivity contribution in [2.45, 2.75) is 17.9 Å². The first kappa shape index (κ1) is 19.5. The molecule has 0 atom stereocenters. The van der Waals surface area contributed by atoms with Crippen molar-refractivity contribution >= 4 is 16.0 Å². The van der Waals surface area contributed by atoms with E-state index in [0.29, 0.717) is 17.9 Å². The average molecular weight is 398 g/mol. The highest BCUT2D eigenvalue weighted by atomic mass is 32.2. The zero-order valence-corrected chi connectivity index (χ0v) is 15.6. The lowest BCUT2D eigenvalue weighted by Gasteiger charge is -2.08. The van der Waals surface area contributed by atoms with Crippen LogP contribution in [0.4, 0.5) is 0 Å². The Balaban J connectivity index is 1.49. The maximum atomic E-state index is 12.0. The fraction of sp³-hybridized carbons (Fsp3) is 0.100. The molecule has 3 rings (SSSR count). The van der Waals surface area contributed by atoms with Crippen molar-refractivity contribution in [3.05, 3.63) is 90.3 Å². The molecule has 0 bridgehead atoms. The number of ether oxygens (including phenoxy) is 1. The van der Waals surface area contributed by atoms with E-state index in [4.69, 9.17) is 4.74 Å². The molecule has 0 aliphatic heterocycles. The maximum absolute atomic E-state index is 12.0. The molecule has 0 radical (unpaired) electrons. The molecule has 0 unspecified atom stereocenters. The van der Waals surface area contributed by atoms with Gasteiger partial charge >= 0.3 is 5.97 Å². The number of rotatable bonds is 8. The van der Waals surface area contributed by atoms with Crippen LogP contribution in [0.2, 0.25) is 0 Å². The normalized spacial score (nSPS) is 11.0. The van der Waals surface area contributed by atoms with Gasteiger partial charge in [0.2, 0.25) is 0 Å². The lowest BCUT2D eigenvalue weighted by atomic mass is 10.1. The van der Waals surface area contributed by atoms with Crippen molar-refractivity contribution in [1.29, 1.82) is 0 Å². The molecule has 144 valence electrons. The number of pyridine rings is 1. The Bertz CT molecular complexity index is 1010. The van der Waals surface area contributed by atoms with E-state index < -0.39 is 16.0 Å². The zero-order valence-electron chi connectivity index (χ0n) is 14.8. The maximum Gasteiger partial charge on any atom is 0.330 e. The summed E-state index contributed by atoms with van der Waals surface area (Å²) in [6.07, 6.45) is 3.33. The SMILES string of the molecule is O=C(Cc1ccc(OCc2cccnc2)cc1)ONS(=O)(=O)c1ccccc1. The van der Waals surface area contributed by atoms with Gasteiger partial charge < -0.3 is 9.57 Å². The van der Waals surface area contributed by atoms with E-state index in [-0.39, 0.29) is 11.3 Å². The smallest absolute Gasteiger partial charge is 0.330 e. The summed E-state index contributed by atoms with van der Waals surface area (Å²) in [7, 11) is -3.91. The number of hydrogen-bond donors (Lipinski definition) is 1. The molecule has 1 heterocycles. The van der Waals surface area contributed by atoms with Gasteiger partial charge in [0.15, 0.2) is 0 Å². The third kappa shape index (κ3) is 5.63. The first-order valence-corrected chi connectivity index (χ1v) is 9.88. The van der Waals surface area contributed by atoms with E-state index in [1.165, 1.54) is 12.1 Å². The minimum atomic E-state index is -3.91. The molecule has 0 saturated heterocycles. The van der Waals surface area contributed by atoms with Gasteiger partial charge in [-0.25, -0.2) is 13.2 Å². The Hall–Kier alpha value is -3.23. The largest absolute Gasteiger partial charge is 0.489 e. The summed E-state index contributed by atoms with van der Waals surface area (Å²) in [5.74, 6) is -0.0747. The van der Waals surface area contributed by atoms with E-state index >= 15 is 0 Å². The molecule has 1 aromatic heterocycles. The van der Waals surface area contributed by atoms with Gasteiger partial charge in [-0.3, -0.25) is 4.98 Å². The molecule has 2 aromatic carbocycles. The summed E-state index contributed by atoms with van der Waals surface area (Å²) < 4.78 is 29.7. The summed E-state index contributed by atoms with van der Waals surface area (Å²) in [6.45, 7) is 0.385. The minimum Gasteiger partial charge on any atom is -0.489 e. The average Bonchev–Trinajstić information content (AvgIpc) is 2.73. The van der Waals surface area contributed by atoms with Crippen molar-refractivity contribution in [3.63, 3.8) is 0 Å². The molecule has 8 heteroatoms. The van der Waals surface area contributed by atoms with Crippen LogP contribution in [0.15, 0.2) is 84.0 Å². The van der Waals surface area contributed by atoms with E-state index in [1.54, 1.807) is 54.9 Å². The molecular weight excluding hydrogens is 380 g/mol. The monoisotopic (exact) mass is 398 g/mol. The van der Waals surface area contributed by atoms with Gasteiger partial charge in [0.1, 0.15) is 12.4 Å². The topological polar surface area (TPSA) is 94.6 Å². The number of sulfonamides is 1. The summed E-state index contributed by atoms with van der Waals surface area (Å²) in [4.78, 5) is 22.5. The first-order chi connectivity index (χ1) is 13.5. The lowest BCUT2D eigenvalue weighted by molar-refractivity contribution is -0.146. The van der Waals surface area contributed by atoms with E-state index in [0.717, 1.165) is 5.56 Å². The van der Waals surface area contributed by atoms with Gasteiger partial charge in [-0.1, -0.05) is 36.4 Å². The van der Waals surface area contributed by atoms with Crippen LogP contribution >= 0.6 is 0 Å². The highest BCUT2D eigenvalue weighted by molar-refractivity contribution is 7.89. The standard InChI is InChI=1S/C20H18N2O5S/c23-20(27-22-28(24,25)19-6-2-1-3-7-19)13-16-8-10-18(11-9-16)26-15-17-5-4-12-21-14-17/h1-12,14,22H,13,15H2. The van der Waals surface area contributed by atoms with Gasteiger partial charge in [-0.05, 0) is 40.8 Å². The van der Waals surface area contributed by atoms with Crippen LogP contribution in [-0.2, 0) is 32.7 Å². The summed E-state index contributed by atoms with van der Waals surface area (Å²) >= 11 is 0. The fourth-order valence-corrected chi connectivity index (χ4v) is 3.12. The predicted octanol–water partition coefficient (Wildman–Crippen LogP) is 2.64. The van der Waals surface area contributed by atoms with Crippen LogP contribution in [0, 0.1) is 0 Å². The van der Waals surface area contributed by atoms with Crippen molar-refractivity contribution in [3.8, 4) is 5.75 Å². The van der Waals surface area contributed by atoms with Crippen LogP contribution in [0.3, 0.4) is 0 Å². The Morgan fingerprint density at radius 2 is 1.68 bits per heavy atom. The van der Waals surface area contributed by atoms with Crippen molar-refractivity contribution in [2.24, 2.45) is 0 Å². The van der Waals surface area contributed by atoms with Crippen LogP contribution in [0.25, 0.3) is 0 Å². The van der Waals surface area contributed by atoms with Crippen LogP contribution in [0.5, 0.6) is 5.75 Å². The Morgan fingerprint density at radius 3 is 2.36 bits per heavy atom. The molecule has 3 aromatic rings. The summed E-state index contributed by atoms with van der Waals surface area (Å²) in [5.41, 5.74) is 1.61. The van der Waals surface area contributed by atoms with E-state index in [2.05, 4.69) is 9.82 Å². The molecular formula is C20H18N2O5S. The Labute approximate surface area is 163 Å². The molecule has 0 fully saturated rings. The molecule has 28 heavy (non-hydrogen) atoms. The van der Waals surface area contributed by atoms with Gasteiger partial charge in [0, 0.05) is 18.0 Å². The van der Waals surface area contributed by atoms with Gasteiger partial charge in [-0.15, -0.1) is 0 Å². The second kappa shape index (κ2) is 9.12. The molecule has 0 amide bonds. The van der Waals surface area contributed by atoms with Crippen molar-refractivity contribution in [1.82, 2.24) is 9.87 Å². The van der Waals surface area contributed by atoms with Crippen molar-refractivity contribution in [2.75, 3.05) is 0 Å². The number of carbonyl (C=O) groups excluding carboxylic acids is 1. The van der Waals surface area contributed by atoms with Crippen LogP contribution < -0.4 is 9.62 Å². The summed E-state index contributed by atoms with van der Waals surface area (Å²) in [5, 5.41) is 0. The van der Waals surface area contributed by atoms with Crippen LogP contribution in [0.1, 0.15) is 11.1 Å². The van der Waals surface area contributed by atoms with Gasteiger partial charge in [0.05, 0.1) is 11.3 Å². The lowest BCUT2D eigenvalue weighted by Crippen LogP contribution is -2.28. The highest BCUT2D eigenvalue weighted by Crippen LogP contribution is 2.15. The second-order valence-corrected chi connectivity index (χ2v) is 7.49. The molecule has 0 spiro atoms. The number of nitrogens with one attached hydrogen (secondary N) is 1. The Kier molecular flexibility index (Phi) is 6.36. The van der Waals surface area contributed by atoms with Gasteiger partial charge in [0.25, 0.3) is 10.0 Å². The number of carbonyl (C=O) groups is 1. The number of aromatic nitrogens is 1. The number of hydrogen-bond acceptors (Lipinski definition) is 6. The fourth-order valence-electron chi connectivity index (χ4n) is 2.31. The molecule has 0 aliphatic rings. The first-order valence-electron chi connectivity index (χ1n) is 8.40.